The maximum atomic E-state index is 12.6. The van der Waals surface area contributed by atoms with E-state index in [-0.39, 0.29) is 12.2 Å². The minimum absolute atomic E-state index is 0.0264. The Balaban J connectivity index is 2.13. The summed E-state index contributed by atoms with van der Waals surface area (Å²) in [6.07, 6.45) is 2.25. The molecule has 0 aliphatic heterocycles. The normalized spacial score (nSPS) is 11.1. The van der Waals surface area contributed by atoms with Crippen LogP contribution in [0.25, 0.3) is 10.9 Å². The van der Waals surface area contributed by atoms with E-state index in [1.54, 1.807) is 28.8 Å². The Morgan fingerprint density at radius 2 is 1.93 bits per heavy atom. The van der Waals surface area contributed by atoms with Crippen LogP contribution in [-0.2, 0) is 13.0 Å². The van der Waals surface area contributed by atoms with Gasteiger partial charge in [-0.2, -0.15) is 0 Å². The molecule has 1 heterocycles. The summed E-state index contributed by atoms with van der Waals surface area (Å²) in [5.74, 6) is -1.28. The third kappa shape index (κ3) is 4.00. The Morgan fingerprint density at radius 1 is 1.15 bits per heavy atom. The van der Waals surface area contributed by atoms with Gasteiger partial charge >= 0.3 is 5.97 Å². The second-order valence-corrected chi connectivity index (χ2v) is 6.97. The Morgan fingerprint density at radius 3 is 2.63 bits per heavy atom. The Labute approximate surface area is 165 Å². The molecule has 140 valence electrons. The molecule has 3 rings (SSSR count). The standard InChI is InChI=1S/C20H17Cl2NO4/c21-16-4-1-3-13(18(16)22)9-12-5-6-17-14(10-12)19(25)15(20(26)27)11-23(17)7-2-8-24/h1,3-6,10-11,24H,2,7-9H2,(H,26,27). The number of hydrogen-bond acceptors (Lipinski definition) is 3. The van der Waals surface area contributed by atoms with E-state index in [9.17, 15) is 14.7 Å². The largest absolute Gasteiger partial charge is 0.477 e. The van der Waals surface area contributed by atoms with Gasteiger partial charge in [-0.25, -0.2) is 4.79 Å². The number of aryl methyl sites for hydroxylation is 1. The van der Waals surface area contributed by atoms with Crippen LogP contribution in [0.15, 0.2) is 47.4 Å². The average molecular weight is 406 g/mol. The van der Waals surface area contributed by atoms with Crippen LogP contribution in [0.1, 0.15) is 27.9 Å². The number of carboxylic acids is 1. The number of aliphatic hydroxyl groups is 1. The van der Waals surface area contributed by atoms with Crippen LogP contribution in [0, 0.1) is 0 Å². The van der Waals surface area contributed by atoms with Gasteiger partial charge in [0.15, 0.2) is 0 Å². The summed E-state index contributed by atoms with van der Waals surface area (Å²) in [5, 5.41) is 19.7. The fourth-order valence-corrected chi connectivity index (χ4v) is 3.42. The molecule has 2 aromatic carbocycles. The van der Waals surface area contributed by atoms with E-state index in [4.69, 9.17) is 28.3 Å². The summed E-state index contributed by atoms with van der Waals surface area (Å²) in [4.78, 5) is 24.1. The first-order chi connectivity index (χ1) is 12.9. The summed E-state index contributed by atoms with van der Waals surface area (Å²) >= 11 is 12.3. The van der Waals surface area contributed by atoms with Crippen molar-refractivity contribution in [3.8, 4) is 0 Å². The van der Waals surface area contributed by atoms with E-state index < -0.39 is 11.4 Å². The van der Waals surface area contributed by atoms with Crippen LogP contribution in [0.5, 0.6) is 0 Å². The van der Waals surface area contributed by atoms with Crippen molar-refractivity contribution >= 4 is 40.1 Å². The lowest BCUT2D eigenvalue weighted by molar-refractivity contribution is 0.0695. The highest BCUT2D eigenvalue weighted by atomic mass is 35.5. The SMILES string of the molecule is O=C(O)c1cn(CCCO)c2ccc(Cc3cccc(Cl)c3Cl)cc2c1=O. The summed E-state index contributed by atoms with van der Waals surface area (Å²) in [5.41, 5.74) is 1.44. The molecule has 0 bridgehead atoms. The highest BCUT2D eigenvalue weighted by Crippen LogP contribution is 2.28. The van der Waals surface area contributed by atoms with Gasteiger partial charge in [-0.15, -0.1) is 0 Å². The average Bonchev–Trinajstić information content (AvgIpc) is 2.65. The van der Waals surface area contributed by atoms with Gasteiger partial charge < -0.3 is 14.8 Å². The fraction of sp³-hybridized carbons (Fsp3) is 0.200. The van der Waals surface area contributed by atoms with Gasteiger partial charge in [0, 0.05) is 24.7 Å². The van der Waals surface area contributed by atoms with Crippen molar-refractivity contribution < 1.29 is 15.0 Å². The molecule has 0 aliphatic carbocycles. The second kappa shape index (κ2) is 8.13. The van der Waals surface area contributed by atoms with Gasteiger partial charge in [0.05, 0.1) is 15.6 Å². The van der Waals surface area contributed by atoms with Crippen molar-refractivity contribution in [3.05, 3.63) is 79.6 Å². The number of rotatable bonds is 6. The highest BCUT2D eigenvalue weighted by molar-refractivity contribution is 6.42. The quantitative estimate of drug-likeness (QED) is 0.649. The van der Waals surface area contributed by atoms with Crippen LogP contribution in [0.4, 0.5) is 0 Å². The third-order valence-electron chi connectivity index (χ3n) is 4.36. The molecule has 5 nitrogen and oxygen atoms in total. The maximum Gasteiger partial charge on any atom is 0.341 e. The van der Waals surface area contributed by atoms with E-state index in [1.165, 1.54) is 6.20 Å². The van der Waals surface area contributed by atoms with E-state index in [1.807, 2.05) is 12.1 Å². The molecule has 0 spiro atoms. The number of carbonyl (C=O) groups is 1. The molecular formula is C20H17Cl2NO4. The number of carboxylic acid groups (broad SMARTS) is 1. The van der Waals surface area contributed by atoms with Gasteiger partial charge in [0.2, 0.25) is 5.43 Å². The van der Waals surface area contributed by atoms with Crippen molar-refractivity contribution in [2.24, 2.45) is 0 Å². The minimum atomic E-state index is -1.28. The number of aromatic carboxylic acids is 1. The smallest absolute Gasteiger partial charge is 0.341 e. The lowest BCUT2D eigenvalue weighted by Crippen LogP contribution is -2.19. The summed E-state index contributed by atoms with van der Waals surface area (Å²) in [6.45, 7) is 0.383. The molecule has 0 unspecified atom stereocenters. The third-order valence-corrected chi connectivity index (χ3v) is 5.22. The van der Waals surface area contributed by atoms with E-state index >= 15 is 0 Å². The zero-order chi connectivity index (χ0) is 19.6. The van der Waals surface area contributed by atoms with Gasteiger partial charge in [-0.3, -0.25) is 4.79 Å². The summed E-state index contributed by atoms with van der Waals surface area (Å²) in [6, 6.07) is 10.7. The molecule has 0 fully saturated rings. The predicted octanol–water partition coefficient (Wildman–Crippen LogP) is 3.98. The van der Waals surface area contributed by atoms with Crippen LogP contribution in [0.2, 0.25) is 10.0 Å². The molecule has 0 saturated carbocycles. The molecule has 27 heavy (non-hydrogen) atoms. The maximum absolute atomic E-state index is 12.6. The Bertz CT molecular complexity index is 1080. The van der Waals surface area contributed by atoms with Crippen molar-refractivity contribution in [1.29, 1.82) is 0 Å². The molecule has 1 aromatic heterocycles. The van der Waals surface area contributed by atoms with Crippen molar-refractivity contribution in [3.63, 3.8) is 0 Å². The fourth-order valence-electron chi connectivity index (χ4n) is 3.04. The summed E-state index contributed by atoms with van der Waals surface area (Å²) < 4.78 is 1.69. The van der Waals surface area contributed by atoms with Gasteiger partial charge in [0.1, 0.15) is 5.56 Å². The molecule has 0 amide bonds. The molecule has 7 heteroatoms. The number of pyridine rings is 1. The molecule has 0 radical (unpaired) electrons. The number of halogens is 2. The van der Waals surface area contributed by atoms with Crippen LogP contribution in [0.3, 0.4) is 0 Å². The monoisotopic (exact) mass is 405 g/mol. The topological polar surface area (TPSA) is 79.5 Å². The zero-order valence-electron chi connectivity index (χ0n) is 14.3. The summed E-state index contributed by atoms with van der Waals surface area (Å²) in [7, 11) is 0. The van der Waals surface area contributed by atoms with Crippen LogP contribution < -0.4 is 5.43 Å². The first-order valence-electron chi connectivity index (χ1n) is 8.35. The van der Waals surface area contributed by atoms with E-state index in [2.05, 4.69) is 0 Å². The van der Waals surface area contributed by atoms with Gasteiger partial charge in [-0.1, -0.05) is 41.4 Å². The van der Waals surface area contributed by atoms with Crippen molar-refractivity contribution in [2.75, 3.05) is 6.61 Å². The number of aromatic nitrogens is 1. The van der Waals surface area contributed by atoms with E-state index in [0.717, 1.165) is 11.1 Å². The number of hydrogen-bond donors (Lipinski definition) is 2. The highest BCUT2D eigenvalue weighted by Gasteiger charge is 2.15. The molecule has 0 saturated heterocycles. The number of aliphatic hydroxyl groups excluding tert-OH is 1. The molecule has 3 aromatic rings. The number of nitrogens with zero attached hydrogens (tertiary/aromatic N) is 1. The van der Waals surface area contributed by atoms with Crippen LogP contribution in [-0.4, -0.2) is 27.4 Å². The first kappa shape index (κ1) is 19.4. The zero-order valence-corrected chi connectivity index (χ0v) is 15.8. The Kier molecular flexibility index (Phi) is 5.85. The molecule has 0 atom stereocenters. The molecular weight excluding hydrogens is 389 g/mol. The van der Waals surface area contributed by atoms with Gasteiger partial charge in [0.25, 0.3) is 0 Å². The lowest BCUT2D eigenvalue weighted by atomic mass is 10.0. The van der Waals surface area contributed by atoms with Crippen molar-refractivity contribution in [1.82, 2.24) is 4.57 Å². The first-order valence-corrected chi connectivity index (χ1v) is 9.11. The lowest BCUT2D eigenvalue weighted by Gasteiger charge is -2.13. The Hall–Kier alpha value is -2.34. The minimum Gasteiger partial charge on any atom is -0.477 e. The molecule has 2 N–H and O–H groups in total. The number of benzene rings is 2. The van der Waals surface area contributed by atoms with Crippen molar-refractivity contribution in [2.45, 2.75) is 19.4 Å². The predicted molar refractivity (Wildman–Crippen MR) is 106 cm³/mol. The molecule has 0 aliphatic rings. The van der Waals surface area contributed by atoms with Crippen LogP contribution >= 0.6 is 23.2 Å². The van der Waals surface area contributed by atoms with E-state index in [0.29, 0.717) is 40.3 Å². The second-order valence-electron chi connectivity index (χ2n) is 6.19. The number of fused-ring (bicyclic) bond motifs is 1. The van der Waals surface area contributed by atoms with Gasteiger partial charge in [-0.05, 0) is 42.2 Å².